The maximum atomic E-state index is 13.6. The van der Waals surface area contributed by atoms with Crippen LogP contribution >= 0.6 is 0 Å². The number of aromatic nitrogens is 3. The summed E-state index contributed by atoms with van der Waals surface area (Å²) >= 11 is 0. The Morgan fingerprint density at radius 2 is 1.94 bits per heavy atom. The van der Waals surface area contributed by atoms with Gasteiger partial charge in [-0.15, -0.1) is 0 Å². The van der Waals surface area contributed by atoms with Crippen LogP contribution in [-0.2, 0) is 9.53 Å². The van der Waals surface area contributed by atoms with Gasteiger partial charge in [-0.05, 0) is 71.9 Å². The van der Waals surface area contributed by atoms with E-state index in [2.05, 4.69) is 15.5 Å². The number of carbonyl (C=O) groups excluding carboxylic acids is 2. The van der Waals surface area contributed by atoms with Crippen LogP contribution in [0.2, 0.25) is 0 Å². The van der Waals surface area contributed by atoms with E-state index < -0.39 is 17.7 Å². The highest BCUT2D eigenvalue weighted by atomic mass is 16.6. The number of ether oxygens (including phenoxy) is 1. The molecular weight excluding hydrogens is 432 g/mol. The van der Waals surface area contributed by atoms with Crippen LogP contribution < -0.4 is 5.32 Å². The number of amides is 2. The summed E-state index contributed by atoms with van der Waals surface area (Å²) in [7, 11) is 0. The first-order valence-corrected chi connectivity index (χ1v) is 12.2. The molecule has 34 heavy (non-hydrogen) atoms. The average molecular weight is 469 g/mol. The Morgan fingerprint density at radius 1 is 1.12 bits per heavy atom. The van der Waals surface area contributed by atoms with Gasteiger partial charge >= 0.3 is 6.09 Å². The van der Waals surface area contributed by atoms with Gasteiger partial charge in [0.15, 0.2) is 5.82 Å². The summed E-state index contributed by atoms with van der Waals surface area (Å²) in [6.45, 7) is 9.38. The minimum absolute atomic E-state index is 0.0246. The number of hydrogen-bond acceptors (Lipinski definition) is 6. The third kappa shape index (κ3) is 5.87. The number of rotatable bonds is 4. The maximum absolute atomic E-state index is 13.6. The average Bonchev–Trinajstić information content (AvgIpc) is 3.22. The van der Waals surface area contributed by atoms with Gasteiger partial charge in [0.2, 0.25) is 5.91 Å². The van der Waals surface area contributed by atoms with Gasteiger partial charge in [-0.1, -0.05) is 6.07 Å². The lowest BCUT2D eigenvalue weighted by Crippen LogP contribution is -2.55. The Hall–Kier alpha value is -3.10. The standard InChI is InChI=1S/C25H36N6O3/c1-17-15-22(29-28-17)27-21-12-7-10-19(26-21)18-9-8-13-30(16-18)23(32)20-11-5-6-14-31(20)24(33)34-25(2,3)4/h7,10,12,15,18,20H,5-6,8-9,11,13-14,16H2,1-4H3,(H2,26,27,28,29)/t18-,20-/m0/s1. The summed E-state index contributed by atoms with van der Waals surface area (Å²) in [5, 5.41) is 10.4. The minimum atomic E-state index is -0.586. The van der Waals surface area contributed by atoms with Crippen molar-refractivity contribution in [1.82, 2.24) is 25.0 Å². The first kappa shape index (κ1) is 24.0. The van der Waals surface area contributed by atoms with Gasteiger partial charge in [0.25, 0.3) is 0 Å². The molecular formula is C25H36N6O3. The molecule has 0 saturated carbocycles. The molecule has 0 radical (unpaired) electrons. The predicted molar refractivity (Wildman–Crippen MR) is 130 cm³/mol. The number of likely N-dealkylation sites (tertiary alicyclic amines) is 2. The second-order valence-electron chi connectivity index (χ2n) is 10.3. The largest absolute Gasteiger partial charge is 0.444 e. The van der Waals surface area contributed by atoms with Gasteiger partial charge in [0, 0.05) is 43.0 Å². The van der Waals surface area contributed by atoms with E-state index in [0.29, 0.717) is 26.1 Å². The van der Waals surface area contributed by atoms with Gasteiger partial charge in [0.05, 0.1) is 0 Å². The van der Waals surface area contributed by atoms with Crippen LogP contribution in [-0.4, -0.2) is 68.3 Å². The minimum Gasteiger partial charge on any atom is -0.444 e. The number of anilines is 2. The van der Waals surface area contributed by atoms with E-state index in [1.54, 1.807) is 4.90 Å². The van der Waals surface area contributed by atoms with Crippen LogP contribution in [0.4, 0.5) is 16.4 Å². The number of pyridine rings is 1. The quantitative estimate of drug-likeness (QED) is 0.691. The molecule has 4 heterocycles. The van der Waals surface area contributed by atoms with Crippen LogP contribution in [0, 0.1) is 6.92 Å². The van der Waals surface area contributed by atoms with E-state index in [9.17, 15) is 9.59 Å². The van der Waals surface area contributed by atoms with Gasteiger partial charge in [-0.3, -0.25) is 14.8 Å². The monoisotopic (exact) mass is 468 g/mol. The normalized spacial score (nSPS) is 21.3. The molecule has 9 nitrogen and oxygen atoms in total. The van der Waals surface area contributed by atoms with Crippen molar-refractivity contribution in [3.63, 3.8) is 0 Å². The smallest absolute Gasteiger partial charge is 0.410 e. The van der Waals surface area contributed by atoms with Crippen LogP contribution in [0.25, 0.3) is 0 Å². The highest BCUT2D eigenvalue weighted by Gasteiger charge is 2.38. The van der Waals surface area contributed by atoms with Crippen molar-refractivity contribution in [2.45, 2.75) is 77.4 Å². The van der Waals surface area contributed by atoms with Crippen molar-refractivity contribution in [1.29, 1.82) is 0 Å². The molecule has 0 spiro atoms. The van der Waals surface area contributed by atoms with Crippen molar-refractivity contribution in [3.8, 4) is 0 Å². The van der Waals surface area contributed by atoms with Crippen LogP contribution in [0.3, 0.4) is 0 Å². The van der Waals surface area contributed by atoms with E-state index in [-0.39, 0.29) is 11.8 Å². The van der Waals surface area contributed by atoms with Crippen LogP contribution in [0.5, 0.6) is 0 Å². The molecule has 2 amide bonds. The van der Waals surface area contributed by atoms with E-state index in [0.717, 1.165) is 48.7 Å². The molecule has 184 valence electrons. The molecule has 9 heteroatoms. The number of aryl methyl sites for hydroxylation is 1. The summed E-state index contributed by atoms with van der Waals surface area (Å²) in [6.07, 6.45) is 4.00. The fraction of sp³-hybridized carbons (Fsp3) is 0.600. The third-order valence-electron chi connectivity index (χ3n) is 6.30. The second-order valence-corrected chi connectivity index (χ2v) is 10.3. The van der Waals surface area contributed by atoms with E-state index in [4.69, 9.17) is 9.72 Å². The van der Waals surface area contributed by atoms with Crippen LogP contribution in [0.15, 0.2) is 24.3 Å². The van der Waals surface area contributed by atoms with Crippen molar-refractivity contribution in [3.05, 3.63) is 35.7 Å². The molecule has 0 aromatic carbocycles. The topological polar surface area (TPSA) is 103 Å². The first-order valence-electron chi connectivity index (χ1n) is 12.2. The predicted octanol–water partition coefficient (Wildman–Crippen LogP) is 4.35. The van der Waals surface area contributed by atoms with E-state index in [1.807, 2.05) is 56.9 Å². The molecule has 0 aliphatic carbocycles. The van der Waals surface area contributed by atoms with Gasteiger partial charge in [0.1, 0.15) is 17.5 Å². The zero-order valence-electron chi connectivity index (χ0n) is 20.6. The molecule has 2 atom stereocenters. The Kier molecular flexibility index (Phi) is 7.09. The lowest BCUT2D eigenvalue weighted by Gasteiger charge is -2.40. The zero-order valence-corrected chi connectivity index (χ0v) is 20.6. The van der Waals surface area contributed by atoms with Crippen molar-refractivity contribution in [2.24, 2.45) is 0 Å². The molecule has 2 aromatic heterocycles. The number of aromatic amines is 1. The Morgan fingerprint density at radius 3 is 2.68 bits per heavy atom. The summed E-state index contributed by atoms with van der Waals surface area (Å²) in [4.78, 5) is 34.7. The molecule has 2 aromatic rings. The molecule has 2 fully saturated rings. The fourth-order valence-electron chi connectivity index (χ4n) is 4.72. The Labute approximate surface area is 201 Å². The molecule has 2 aliphatic rings. The highest BCUT2D eigenvalue weighted by molar-refractivity contribution is 5.86. The SMILES string of the molecule is Cc1cc(Nc2cccc([C@H]3CCCN(C(=O)[C@@H]4CCCCN4C(=O)OC(C)(C)C)C3)n2)n[nH]1. The molecule has 2 aliphatic heterocycles. The maximum Gasteiger partial charge on any atom is 0.410 e. The number of hydrogen-bond donors (Lipinski definition) is 2. The fourth-order valence-corrected chi connectivity index (χ4v) is 4.72. The van der Waals surface area contributed by atoms with Crippen molar-refractivity contribution < 1.29 is 14.3 Å². The summed E-state index contributed by atoms with van der Waals surface area (Å²) in [5.74, 6) is 1.63. The number of nitrogens with zero attached hydrogens (tertiary/aromatic N) is 4. The molecule has 4 rings (SSSR count). The number of piperidine rings is 2. The summed E-state index contributed by atoms with van der Waals surface area (Å²) in [6, 6.07) is 7.39. The summed E-state index contributed by atoms with van der Waals surface area (Å²) in [5.41, 5.74) is 1.35. The lowest BCUT2D eigenvalue weighted by atomic mass is 9.92. The zero-order chi connectivity index (χ0) is 24.3. The molecule has 0 unspecified atom stereocenters. The van der Waals surface area contributed by atoms with Gasteiger partial charge < -0.3 is 15.0 Å². The van der Waals surface area contributed by atoms with E-state index in [1.165, 1.54) is 0 Å². The van der Waals surface area contributed by atoms with Gasteiger partial charge in [-0.2, -0.15) is 5.10 Å². The molecule has 2 saturated heterocycles. The third-order valence-corrected chi connectivity index (χ3v) is 6.30. The molecule has 2 N–H and O–H groups in total. The highest BCUT2D eigenvalue weighted by Crippen LogP contribution is 2.29. The number of carbonyl (C=O) groups is 2. The van der Waals surface area contributed by atoms with E-state index >= 15 is 0 Å². The lowest BCUT2D eigenvalue weighted by molar-refractivity contribution is -0.139. The second kappa shape index (κ2) is 10.0. The van der Waals surface area contributed by atoms with Crippen molar-refractivity contribution in [2.75, 3.05) is 25.0 Å². The Bertz CT molecular complexity index is 1010. The Balaban J connectivity index is 1.44. The first-order chi connectivity index (χ1) is 16.2. The van der Waals surface area contributed by atoms with Crippen molar-refractivity contribution >= 4 is 23.6 Å². The van der Waals surface area contributed by atoms with Crippen LogP contribution in [0.1, 0.15) is 70.2 Å². The summed E-state index contributed by atoms with van der Waals surface area (Å²) < 4.78 is 5.59. The number of nitrogens with one attached hydrogen (secondary N) is 2. The van der Waals surface area contributed by atoms with Gasteiger partial charge in [-0.25, -0.2) is 9.78 Å². The molecule has 0 bridgehead atoms. The number of H-pyrrole nitrogens is 1.